The zero-order valence-electron chi connectivity index (χ0n) is 10.5. The van der Waals surface area contributed by atoms with E-state index in [1.165, 1.54) is 0 Å². The maximum Gasteiger partial charge on any atom is 0.201 e. The molecule has 0 aliphatic carbocycles. The first-order valence-electron chi connectivity index (χ1n) is 6.15. The van der Waals surface area contributed by atoms with Crippen LogP contribution in [0.4, 0.5) is 5.95 Å². The molecule has 2 aromatic heterocycles. The van der Waals surface area contributed by atoms with Gasteiger partial charge in [0.05, 0.1) is 23.9 Å². The highest BCUT2D eigenvalue weighted by atomic mass is 16.5. The number of rotatable bonds is 5. The molecule has 1 aromatic carbocycles. The number of imidazole rings is 1. The largest absolute Gasteiger partial charge is 0.467 e. The molecule has 0 aliphatic rings. The van der Waals surface area contributed by atoms with Gasteiger partial charge in [-0.15, -0.1) is 0 Å². The molecule has 2 N–H and O–H groups in total. The summed E-state index contributed by atoms with van der Waals surface area (Å²) in [6, 6.07) is 11.6. The minimum absolute atomic E-state index is 0.472. The molecular weight excluding hydrogens is 242 g/mol. The topological polar surface area (TPSA) is 66.2 Å². The van der Waals surface area contributed by atoms with Gasteiger partial charge in [-0.2, -0.15) is 0 Å². The minimum Gasteiger partial charge on any atom is -0.467 e. The first-order chi connectivity index (χ1) is 9.34. The summed E-state index contributed by atoms with van der Waals surface area (Å²) in [5, 5.41) is 0. The van der Waals surface area contributed by atoms with E-state index in [1.54, 1.807) is 6.26 Å². The molecule has 0 atom stereocenters. The lowest BCUT2D eigenvalue weighted by atomic mass is 10.3. The van der Waals surface area contributed by atoms with Crippen molar-refractivity contribution in [2.45, 2.75) is 13.2 Å². The maximum absolute atomic E-state index is 5.91. The summed E-state index contributed by atoms with van der Waals surface area (Å²) in [4.78, 5) is 4.31. The van der Waals surface area contributed by atoms with Crippen LogP contribution in [-0.4, -0.2) is 16.2 Å². The van der Waals surface area contributed by atoms with Gasteiger partial charge in [-0.1, -0.05) is 12.1 Å². The normalized spacial score (nSPS) is 11.2. The van der Waals surface area contributed by atoms with Gasteiger partial charge in [-0.25, -0.2) is 4.98 Å². The van der Waals surface area contributed by atoms with Crippen molar-refractivity contribution < 1.29 is 9.15 Å². The van der Waals surface area contributed by atoms with Gasteiger partial charge in [0.1, 0.15) is 12.4 Å². The van der Waals surface area contributed by atoms with Crippen LogP contribution < -0.4 is 5.73 Å². The Morgan fingerprint density at radius 2 is 2.11 bits per heavy atom. The van der Waals surface area contributed by atoms with Crippen LogP contribution >= 0.6 is 0 Å². The zero-order valence-corrected chi connectivity index (χ0v) is 10.5. The molecule has 0 amide bonds. The number of anilines is 1. The van der Waals surface area contributed by atoms with E-state index in [0.717, 1.165) is 16.8 Å². The molecule has 0 unspecified atom stereocenters. The van der Waals surface area contributed by atoms with Crippen LogP contribution in [0, 0.1) is 0 Å². The van der Waals surface area contributed by atoms with Gasteiger partial charge < -0.3 is 19.5 Å². The van der Waals surface area contributed by atoms with Crippen LogP contribution in [0.15, 0.2) is 47.1 Å². The molecule has 2 heterocycles. The molecule has 0 saturated heterocycles. The Morgan fingerprint density at radius 1 is 1.21 bits per heavy atom. The Bertz CT molecular complexity index is 658. The lowest BCUT2D eigenvalue weighted by Gasteiger charge is -2.06. The number of nitrogens with two attached hydrogens (primary N) is 1. The van der Waals surface area contributed by atoms with Crippen LogP contribution in [0.3, 0.4) is 0 Å². The van der Waals surface area contributed by atoms with Gasteiger partial charge in [0, 0.05) is 6.54 Å². The Balaban J connectivity index is 1.63. The third kappa shape index (κ3) is 2.46. The first kappa shape index (κ1) is 11.8. The fourth-order valence-electron chi connectivity index (χ4n) is 2.05. The van der Waals surface area contributed by atoms with Crippen LogP contribution in [0.25, 0.3) is 11.0 Å². The SMILES string of the molecule is Nc1nc2ccccc2n1CCOCc1ccco1. The molecule has 0 radical (unpaired) electrons. The molecule has 5 heteroatoms. The van der Waals surface area contributed by atoms with Crippen molar-refractivity contribution in [1.82, 2.24) is 9.55 Å². The predicted molar refractivity (Wildman–Crippen MR) is 72.5 cm³/mol. The second-order valence-electron chi connectivity index (χ2n) is 4.24. The molecule has 0 saturated carbocycles. The number of ether oxygens (including phenoxy) is 1. The summed E-state index contributed by atoms with van der Waals surface area (Å²) in [5.41, 5.74) is 7.85. The van der Waals surface area contributed by atoms with E-state index in [4.69, 9.17) is 14.9 Å². The van der Waals surface area contributed by atoms with Crippen LogP contribution in [-0.2, 0) is 17.9 Å². The lowest BCUT2D eigenvalue weighted by molar-refractivity contribution is 0.100. The highest BCUT2D eigenvalue weighted by Crippen LogP contribution is 2.17. The van der Waals surface area contributed by atoms with Crippen LogP contribution in [0.1, 0.15) is 5.76 Å². The van der Waals surface area contributed by atoms with Gasteiger partial charge >= 0.3 is 0 Å². The highest BCUT2D eigenvalue weighted by molar-refractivity contribution is 5.78. The summed E-state index contributed by atoms with van der Waals surface area (Å²) in [5.74, 6) is 1.34. The molecule has 19 heavy (non-hydrogen) atoms. The van der Waals surface area contributed by atoms with Gasteiger partial charge in [0.15, 0.2) is 0 Å². The smallest absolute Gasteiger partial charge is 0.201 e. The second kappa shape index (κ2) is 5.16. The zero-order chi connectivity index (χ0) is 13.1. The predicted octanol–water partition coefficient (Wildman–Crippen LogP) is 2.43. The molecule has 0 bridgehead atoms. The third-order valence-corrected chi connectivity index (χ3v) is 2.97. The molecule has 98 valence electrons. The summed E-state index contributed by atoms with van der Waals surface area (Å²) >= 11 is 0. The van der Waals surface area contributed by atoms with Gasteiger partial charge in [0.25, 0.3) is 0 Å². The lowest BCUT2D eigenvalue weighted by Crippen LogP contribution is -2.08. The number of furan rings is 1. The van der Waals surface area contributed by atoms with Crippen molar-refractivity contribution >= 4 is 17.0 Å². The van der Waals surface area contributed by atoms with Crippen molar-refractivity contribution in [3.63, 3.8) is 0 Å². The van der Waals surface area contributed by atoms with E-state index in [-0.39, 0.29) is 0 Å². The Morgan fingerprint density at radius 3 is 2.95 bits per heavy atom. The number of nitrogen functional groups attached to an aromatic ring is 1. The molecule has 0 fully saturated rings. The molecule has 0 aliphatic heterocycles. The minimum atomic E-state index is 0.472. The van der Waals surface area contributed by atoms with Gasteiger partial charge in [-0.3, -0.25) is 0 Å². The highest BCUT2D eigenvalue weighted by Gasteiger charge is 2.06. The number of para-hydroxylation sites is 2. The van der Waals surface area contributed by atoms with Crippen molar-refractivity contribution in [2.75, 3.05) is 12.3 Å². The maximum atomic E-state index is 5.91. The average Bonchev–Trinajstić information content (AvgIpc) is 3.02. The summed E-state index contributed by atoms with van der Waals surface area (Å²) < 4.78 is 12.7. The quantitative estimate of drug-likeness (QED) is 0.713. The van der Waals surface area contributed by atoms with E-state index in [2.05, 4.69) is 4.98 Å². The van der Waals surface area contributed by atoms with E-state index in [9.17, 15) is 0 Å². The number of aromatic nitrogens is 2. The summed E-state index contributed by atoms with van der Waals surface area (Å²) in [6.45, 7) is 1.71. The van der Waals surface area contributed by atoms with Crippen molar-refractivity contribution in [2.24, 2.45) is 0 Å². The van der Waals surface area contributed by atoms with Gasteiger partial charge in [0.2, 0.25) is 5.95 Å². The van der Waals surface area contributed by atoms with Crippen molar-refractivity contribution in [1.29, 1.82) is 0 Å². The Kier molecular flexibility index (Phi) is 3.20. The van der Waals surface area contributed by atoms with Crippen molar-refractivity contribution in [3.8, 4) is 0 Å². The molecule has 3 aromatic rings. The fourth-order valence-corrected chi connectivity index (χ4v) is 2.05. The standard InChI is InChI=1S/C14H15N3O2/c15-14-16-12-5-1-2-6-13(12)17(14)7-9-18-10-11-4-3-8-19-11/h1-6,8H,7,9-10H2,(H2,15,16). The Labute approximate surface area is 110 Å². The van der Waals surface area contributed by atoms with Crippen LogP contribution in [0.2, 0.25) is 0 Å². The number of benzene rings is 1. The summed E-state index contributed by atoms with van der Waals surface area (Å²) in [7, 11) is 0. The molecule has 3 rings (SSSR count). The average molecular weight is 257 g/mol. The monoisotopic (exact) mass is 257 g/mol. The van der Waals surface area contributed by atoms with E-state index >= 15 is 0 Å². The first-order valence-corrected chi connectivity index (χ1v) is 6.15. The number of nitrogens with zero attached hydrogens (tertiary/aromatic N) is 2. The molecule has 0 spiro atoms. The van der Waals surface area contributed by atoms with Gasteiger partial charge in [-0.05, 0) is 24.3 Å². The van der Waals surface area contributed by atoms with Crippen LogP contribution in [0.5, 0.6) is 0 Å². The van der Waals surface area contributed by atoms with Crippen molar-refractivity contribution in [3.05, 3.63) is 48.4 Å². The van der Waals surface area contributed by atoms with E-state index < -0.39 is 0 Å². The van der Waals surface area contributed by atoms with E-state index in [0.29, 0.717) is 25.7 Å². The molecule has 5 nitrogen and oxygen atoms in total. The third-order valence-electron chi connectivity index (χ3n) is 2.97. The van der Waals surface area contributed by atoms with E-state index in [1.807, 2.05) is 41.0 Å². The summed E-state index contributed by atoms with van der Waals surface area (Å²) in [6.07, 6.45) is 1.64. The second-order valence-corrected chi connectivity index (χ2v) is 4.24. The number of fused-ring (bicyclic) bond motifs is 1. The Hall–Kier alpha value is -2.27. The molecular formula is C14H15N3O2. The number of hydrogen-bond donors (Lipinski definition) is 1. The number of hydrogen-bond acceptors (Lipinski definition) is 4. The fraction of sp³-hybridized carbons (Fsp3) is 0.214.